The smallest absolute Gasteiger partial charge is 0.292 e. The Morgan fingerprint density at radius 3 is 2.37 bits per heavy atom. The summed E-state index contributed by atoms with van der Waals surface area (Å²) in [5.74, 6) is -0.285. The van der Waals surface area contributed by atoms with Crippen molar-refractivity contribution in [1.82, 2.24) is 5.32 Å². The van der Waals surface area contributed by atoms with Crippen LogP contribution in [0.2, 0.25) is 19.6 Å². The summed E-state index contributed by atoms with van der Waals surface area (Å²) in [5.41, 5.74) is 0.632. The summed E-state index contributed by atoms with van der Waals surface area (Å²) >= 11 is 0. The van der Waals surface area contributed by atoms with Crippen LogP contribution in [0, 0.1) is 0 Å². The molecule has 4 nitrogen and oxygen atoms in total. The molecule has 0 saturated heterocycles. The molecule has 0 aliphatic heterocycles. The fourth-order valence-electron chi connectivity index (χ4n) is 1.52. The molecule has 0 fully saturated rings. The maximum atomic E-state index is 11.7. The van der Waals surface area contributed by atoms with Crippen molar-refractivity contribution in [1.29, 1.82) is 0 Å². The van der Waals surface area contributed by atoms with Gasteiger partial charge in [0.1, 0.15) is 0 Å². The summed E-state index contributed by atoms with van der Waals surface area (Å²) in [5, 5.41) is 2.78. The van der Waals surface area contributed by atoms with Crippen LogP contribution in [0.15, 0.2) is 30.3 Å². The normalized spacial score (nSPS) is 10.9. The van der Waals surface area contributed by atoms with Crippen LogP contribution in [-0.4, -0.2) is 26.7 Å². The first-order chi connectivity index (χ1) is 8.88. The first-order valence-corrected chi connectivity index (χ1v) is 9.84. The quantitative estimate of drug-likeness (QED) is 0.643. The summed E-state index contributed by atoms with van der Waals surface area (Å²) in [6.45, 7) is 6.40. The molecular formula is C14H21NO3Si. The van der Waals surface area contributed by atoms with Crippen LogP contribution in [0.5, 0.6) is 0 Å². The van der Waals surface area contributed by atoms with Gasteiger partial charge < -0.3 is 9.74 Å². The molecule has 0 aliphatic rings. The lowest BCUT2D eigenvalue weighted by Crippen LogP contribution is -2.30. The summed E-state index contributed by atoms with van der Waals surface area (Å²) in [7, 11) is -1.79. The third-order valence-corrected chi connectivity index (χ3v) is 3.14. The Hall–Kier alpha value is -1.62. The maximum absolute atomic E-state index is 11.7. The lowest BCUT2D eigenvalue weighted by atomic mass is 10.2. The van der Waals surface area contributed by atoms with Crippen LogP contribution < -0.4 is 5.32 Å². The summed E-state index contributed by atoms with van der Waals surface area (Å²) in [6, 6.07) is 9.02. The first kappa shape index (κ1) is 15.4. The van der Waals surface area contributed by atoms with Crippen molar-refractivity contribution in [3.05, 3.63) is 35.9 Å². The predicted molar refractivity (Wildman–Crippen MR) is 77.4 cm³/mol. The molecule has 0 unspecified atom stereocenters. The Bertz CT molecular complexity index is 426. The molecule has 0 heterocycles. The second kappa shape index (κ2) is 7.09. The van der Waals surface area contributed by atoms with Gasteiger partial charge in [-0.3, -0.25) is 9.59 Å². The van der Waals surface area contributed by atoms with Crippen molar-refractivity contribution >= 4 is 20.2 Å². The van der Waals surface area contributed by atoms with Gasteiger partial charge in [0.05, 0.1) is 0 Å². The Kier molecular flexibility index (Phi) is 5.76. The molecule has 1 N–H and O–H groups in total. The van der Waals surface area contributed by atoms with Crippen LogP contribution in [0.4, 0.5) is 0 Å². The zero-order valence-electron chi connectivity index (χ0n) is 11.7. The van der Waals surface area contributed by atoms with Crippen LogP contribution in [-0.2, 0) is 9.22 Å². The molecule has 0 aromatic heterocycles. The molecule has 19 heavy (non-hydrogen) atoms. The van der Waals surface area contributed by atoms with Crippen molar-refractivity contribution < 1.29 is 14.0 Å². The lowest BCUT2D eigenvalue weighted by molar-refractivity contribution is -0.135. The lowest BCUT2D eigenvalue weighted by Gasteiger charge is -2.17. The average Bonchev–Trinajstić information content (AvgIpc) is 2.33. The Balaban J connectivity index is 2.21. The Morgan fingerprint density at radius 1 is 1.16 bits per heavy atom. The van der Waals surface area contributed by atoms with E-state index >= 15 is 0 Å². The number of rotatable bonds is 6. The monoisotopic (exact) mass is 279 g/mol. The van der Waals surface area contributed by atoms with E-state index in [9.17, 15) is 9.59 Å². The van der Waals surface area contributed by atoms with E-state index in [1.54, 1.807) is 12.1 Å². The first-order valence-electron chi connectivity index (χ1n) is 6.43. The molecule has 1 aromatic carbocycles. The van der Waals surface area contributed by atoms with Crippen molar-refractivity contribution in [3.8, 4) is 0 Å². The van der Waals surface area contributed by atoms with Gasteiger partial charge in [-0.15, -0.1) is 0 Å². The van der Waals surface area contributed by atoms with Crippen LogP contribution in [0.25, 0.3) is 0 Å². The fourth-order valence-corrected chi connectivity index (χ4v) is 2.30. The van der Waals surface area contributed by atoms with Gasteiger partial charge in [-0.25, -0.2) is 0 Å². The number of hydrogen-bond donors (Lipinski definition) is 1. The van der Waals surface area contributed by atoms with E-state index in [1.807, 2.05) is 37.8 Å². The van der Waals surface area contributed by atoms with Gasteiger partial charge in [-0.2, -0.15) is 0 Å². The minimum absolute atomic E-state index is 0.112. The average molecular weight is 279 g/mol. The maximum Gasteiger partial charge on any atom is 0.292 e. The van der Waals surface area contributed by atoms with Gasteiger partial charge in [-0.05, 0) is 38.2 Å². The topological polar surface area (TPSA) is 55.4 Å². The van der Waals surface area contributed by atoms with E-state index in [1.165, 1.54) is 0 Å². The highest BCUT2D eigenvalue weighted by atomic mass is 28.4. The highest BCUT2D eigenvalue weighted by molar-refractivity contribution is 6.71. The Morgan fingerprint density at radius 2 is 1.79 bits per heavy atom. The summed E-state index contributed by atoms with van der Waals surface area (Å²) in [4.78, 5) is 23.2. The molecular weight excluding hydrogens is 258 g/mol. The van der Waals surface area contributed by atoms with Gasteiger partial charge in [0.15, 0.2) is 0 Å². The molecule has 0 aliphatic carbocycles. The minimum atomic E-state index is -1.79. The molecule has 1 aromatic rings. The van der Waals surface area contributed by atoms with Gasteiger partial charge in [0.2, 0.25) is 8.32 Å². The molecule has 0 atom stereocenters. The second-order valence-electron chi connectivity index (χ2n) is 5.31. The SMILES string of the molecule is C[Si](C)(C)OC(=O)CCCNC(=O)c1ccccc1. The van der Waals surface area contributed by atoms with E-state index < -0.39 is 8.32 Å². The highest BCUT2D eigenvalue weighted by Crippen LogP contribution is 2.05. The molecule has 104 valence electrons. The summed E-state index contributed by atoms with van der Waals surface area (Å²) < 4.78 is 5.32. The van der Waals surface area contributed by atoms with Crippen molar-refractivity contribution in [3.63, 3.8) is 0 Å². The fraction of sp³-hybridized carbons (Fsp3) is 0.429. The van der Waals surface area contributed by atoms with Gasteiger partial charge >= 0.3 is 0 Å². The third kappa shape index (κ3) is 6.76. The van der Waals surface area contributed by atoms with E-state index in [4.69, 9.17) is 4.43 Å². The molecule has 1 rings (SSSR count). The van der Waals surface area contributed by atoms with E-state index in [0.29, 0.717) is 24.9 Å². The number of amides is 1. The molecule has 1 amide bonds. The van der Waals surface area contributed by atoms with Crippen LogP contribution in [0.3, 0.4) is 0 Å². The van der Waals surface area contributed by atoms with Gasteiger partial charge in [0.25, 0.3) is 11.9 Å². The van der Waals surface area contributed by atoms with E-state index in [-0.39, 0.29) is 11.9 Å². The standard InChI is InChI=1S/C14H21NO3Si/c1-19(2,3)18-13(16)10-7-11-15-14(17)12-8-5-4-6-9-12/h4-6,8-9H,7,10-11H2,1-3H3,(H,15,17). The molecule has 0 bridgehead atoms. The number of nitrogens with one attached hydrogen (secondary N) is 1. The van der Waals surface area contributed by atoms with Crippen molar-refractivity contribution in [2.75, 3.05) is 6.54 Å². The minimum Gasteiger partial charge on any atom is -0.520 e. The van der Waals surface area contributed by atoms with Crippen LogP contribution in [0.1, 0.15) is 23.2 Å². The van der Waals surface area contributed by atoms with E-state index in [2.05, 4.69) is 5.32 Å². The number of carbonyl (C=O) groups excluding carboxylic acids is 2. The molecule has 0 saturated carbocycles. The number of benzene rings is 1. The highest BCUT2D eigenvalue weighted by Gasteiger charge is 2.19. The third-order valence-electron chi connectivity index (χ3n) is 2.30. The number of carbonyl (C=O) groups is 2. The van der Waals surface area contributed by atoms with E-state index in [0.717, 1.165) is 0 Å². The van der Waals surface area contributed by atoms with Gasteiger partial charge in [0, 0.05) is 18.5 Å². The van der Waals surface area contributed by atoms with Crippen LogP contribution >= 0.6 is 0 Å². The molecule has 0 spiro atoms. The Labute approximate surface area is 115 Å². The summed E-state index contributed by atoms with van der Waals surface area (Å²) in [6.07, 6.45) is 0.946. The zero-order chi connectivity index (χ0) is 14.3. The van der Waals surface area contributed by atoms with Crippen molar-refractivity contribution in [2.24, 2.45) is 0 Å². The number of hydrogen-bond acceptors (Lipinski definition) is 3. The van der Waals surface area contributed by atoms with Crippen molar-refractivity contribution in [2.45, 2.75) is 32.5 Å². The second-order valence-corrected chi connectivity index (χ2v) is 9.74. The van der Waals surface area contributed by atoms with Gasteiger partial charge in [-0.1, -0.05) is 18.2 Å². The predicted octanol–water partition coefficient (Wildman–Crippen LogP) is 2.57. The molecule has 5 heteroatoms. The largest absolute Gasteiger partial charge is 0.520 e. The molecule has 0 radical (unpaired) electrons. The zero-order valence-corrected chi connectivity index (χ0v) is 12.7.